The molecule has 14 rings (SSSR count). The highest BCUT2D eigenvalue weighted by Gasteiger charge is 2.52. The molecular weight excluding hydrogens is 821 g/mol. The first-order valence-electron chi connectivity index (χ1n) is 22.7. The van der Waals surface area contributed by atoms with Crippen molar-refractivity contribution >= 4 is 99.6 Å². The van der Waals surface area contributed by atoms with E-state index in [-0.39, 0.29) is 0 Å². The lowest BCUT2D eigenvalue weighted by molar-refractivity contribution is 0.754. The van der Waals surface area contributed by atoms with Crippen LogP contribution in [-0.4, -0.2) is 12.6 Å². The lowest BCUT2D eigenvalue weighted by Gasteiger charge is -2.50. The second-order valence-electron chi connectivity index (χ2n) is 18.4. The Hall–Kier alpha value is -7.50. The summed E-state index contributed by atoms with van der Waals surface area (Å²) >= 11 is 1.88. The van der Waals surface area contributed by atoms with Gasteiger partial charge in [-0.1, -0.05) is 171 Å². The molecule has 2 aromatic heterocycles. The molecule has 1 unspecified atom stereocenters. The SMILES string of the molecule is C[Si]1(C)c2ccccc2C2(c3ccccc3-c3cccc4cccc2c34)c2ccc(N(c3ccc4c(c3)sc3ccccc34)c3ccc4c5ccccc5n(-c5ccccc5)c4c3)cc21. The van der Waals surface area contributed by atoms with Crippen LogP contribution in [0.5, 0.6) is 0 Å². The van der Waals surface area contributed by atoms with E-state index in [1.54, 1.807) is 0 Å². The molecule has 4 heteroatoms. The van der Waals surface area contributed by atoms with Crippen LogP contribution in [0.2, 0.25) is 13.1 Å². The van der Waals surface area contributed by atoms with Crippen molar-refractivity contribution in [1.29, 1.82) is 0 Å². The summed E-state index contributed by atoms with van der Waals surface area (Å²) < 4.78 is 5.04. The van der Waals surface area contributed by atoms with E-state index in [1.165, 1.54) is 102 Å². The van der Waals surface area contributed by atoms with Crippen molar-refractivity contribution in [3.63, 3.8) is 0 Å². The lowest BCUT2D eigenvalue weighted by atomic mass is 9.59. The lowest BCUT2D eigenvalue weighted by Crippen LogP contribution is -2.63. The van der Waals surface area contributed by atoms with Gasteiger partial charge in [0.1, 0.15) is 8.07 Å². The Morgan fingerprint density at radius 1 is 0.415 bits per heavy atom. The maximum atomic E-state index is 2.59. The van der Waals surface area contributed by atoms with E-state index in [2.05, 4.69) is 241 Å². The van der Waals surface area contributed by atoms with Crippen LogP contribution in [0.3, 0.4) is 0 Å². The normalized spacial score (nSPS) is 15.7. The maximum absolute atomic E-state index is 2.59. The molecular formula is C61H42N2SSi. The zero-order valence-electron chi connectivity index (χ0n) is 36.1. The van der Waals surface area contributed by atoms with Crippen molar-refractivity contribution < 1.29 is 0 Å². The van der Waals surface area contributed by atoms with Gasteiger partial charge in [-0.15, -0.1) is 11.3 Å². The number of nitrogens with zero attached hydrogens (tertiary/aromatic N) is 2. The van der Waals surface area contributed by atoms with E-state index >= 15 is 0 Å². The summed E-state index contributed by atoms with van der Waals surface area (Å²) in [5, 5.41) is 10.8. The fourth-order valence-corrected chi connectivity index (χ4v) is 16.4. The second kappa shape index (κ2) is 13.5. The Kier molecular flexibility index (Phi) is 7.67. The van der Waals surface area contributed by atoms with Crippen LogP contribution < -0.4 is 15.3 Å². The first-order valence-corrected chi connectivity index (χ1v) is 26.5. The molecule has 1 spiro atoms. The van der Waals surface area contributed by atoms with Gasteiger partial charge in [0.25, 0.3) is 0 Å². The highest BCUT2D eigenvalue weighted by Crippen LogP contribution is 2.56. The molecule has 65 heavy (non-hydrogen) atoms. The van der Waals surface area contributed by atoms with Gasteiger partial charge in [-0.3, -0.25) is 0 Å². The third-order valence-corrected chi connectivity index (χ3v) is 19.5. The van der Waals surface area contributed by atoms with E-state index in [4.69, 9.17) is 0 Å². The Morgan fingerprint density at radius 2 is 1.02 bits per heavy atom. The largest absolute Gasteiger partial charge is 0.310 e. The topological polar surface area (TPSA) is 8.17 Å². The third kappa shape index (κ3) is 4.98. The second-order valence-corrected chi connectivity index (χ2v) is 23.8. The molecule has 3 heterocycles. The predicted molar refractivity (Wildman–Crippen MR) is 280 cm³/mol. The number of anilines is 3. The first kappa shape index (κ1) is 36.9. The molecule has 306 valence electrons. The standard InChI is InChI=1S/C61H42N2SSi/c1-65(2)58-29-13-10-25-51(58)61(50-24-9-6-20-44(50)49-23-14-16-39-17-15-26-53(61)60(39)49)52-35-32-43(38-59(52)65)62(42-31-34-48-47-22-8-12-28-56(47)64-57(48)37-42)41-30-33-46-45-21-7-11-27-54(45)63(55(46)36-41)40-18-4-3-5-19-40/h3-38H,1-2H3. The molecule has 2 aliphatic rings. The Labute approximate surface area is 382 Å². The quantitative estimate of drug-likeness (QED) is 0.160. The van der Waals surface area contributed by atoms with Gasteiger partial charge in [0.2, 0.25) is 0 Å². The number of hydrogen-bond donors (Lipinski definition) is 0. The van der Waals surface area contributed by atoms with Crippen LogP contribution in [-0.2, 0) is 5.41 Å². The van der Waals surface area contributed by atoms with Crippen molar-refractivity contribution in [3.05, 3.63) is 241 Å². The number of aromatic nitrogens is 1. The summed E-state index contributed by atoms with van der Waals surface area (Å²) in [6.45, 7) is 5.14. The number of benzene rings is 10. The Bertz CT molecular complexity index is 3950. The van der Waals surface area contributed by atoms with Crippen molar-refractivity contribution in [2.24, 2.45) is 0 Å². The van der Waals surface area contributed by atoms with Crippen molar-refractivity contribution in [2.75, 3.05) is 4.90 Å². The number of fused-ring (bicyclic) bond motifs is 14. The van der Waals surface area contributed by atoms with Crippen LogP contribution in [0.15, 0.2) is 218 Å². The summed E-state index contributed by atoms with van der Waals surface area (Å²) in [5.74, 6) is 0. The molecule has 0 bridgehead atoms. The van der Waals surface area contributed by atoms with E-state index in [0.717, 1.165) is 17.1 Å². The van der Waals surface area contributed by atoms with E-state index in [1.807, 2.05) is 11.3 Å². The van der Waals surface area contributed by atoms with Crippen LogP contribution in [0.1, 0.15) is 22.3 Å². The van der Waals surface area contributed by atoms with E-state index < -0.39 is 13.5 Å². The van der Waals surface area contributed by atoms with Gasteiger partial charge in [0, 0.05) is 53.7 Å². The van der Waals surface area contributed by atoms with Gasteiger partial charge in [-0.05, 0) is 115 Å². The van der Waals surface area contributed by atoms with Crippen molar-refractivity contribution in [3.8, 4) is 16.8 Å². The smallest absolute Gasteiger partial charge is 0.113 e. The highest BCUT2D eigenvalue weighted by molar-refractivity contribution is 7.25. The van der Waals surface area contributed by atoms with E-state index in [0.29, 0.717) is 0 Å². The molecule has 1 atom stereocenters. The fraction of sp³-hybridized carbons (Fsp3) is 0.0492. The fourth-order valence-electron chi connectivity index (χ4n) is 12.1. The van der Waals surface area contributed by atoms with Gasteiger partial charge in [0.15, 0.2) is 0 Å². The highest BCUT2D eigenvalue weighted by atomic mass is 32.1. The average Bonchev–Trinajstić information content (AvgIpc) is 3.90. The number of thiophene rings is 1. The van der Waals surface area contributed by atoms with Gasteiger partial charge in [-0.2, -0.15) is 0 Å². The van der Waals surface area contributed by atoms with Gasteiger partial charge in [0.05, 0.1) is 16.4 Å². The molecule has 0 radical (unpaired) electrons. The molecule has 2 nitrogen and oxygen atoms in total. The number of rotatable bonds is 4. The molecule has 0 saturated heterocycles. The number of para-hydroxylation sites is 2. The summed E-state index contributed by atoms with van der Waals surface area (Å²) in [4.78, 5) is 2.53. The molecule has 1 aliphatic heterocycles. The average molecular weight is 863 g/mol. The number of hydrogen-bond acceptors (Lipinski definition) is 2. The predicted octanol–water partition coefficient (Wildman–Crippen LogP) is 15.3. The summed E-state index contributed by atoms with van der Waals surface area (Å²) in [7, 11) is -2.33. The zero-order chi connectivity index (χ0) is 43.0. The Morgan fingerprint density at radius 3 is 1.89 bits per heavy atom. The minimum absolute atomic E-state index is 0.492. The van der Waals surface area contributed by atoms with Crippen LogP contribution in [0, 0.1) is 0 Å². The minimum Gasteiger partial charge on any atom is -0.310 e. The molecule has 1 aliphatic carbocycles. The van der Waals surface area contributed by atoms with E-state index in [9.17, 15) is 0 Å². The minimum atomic E-state index is -2.33. The zero-order valence-corrected chi connectivity index (χ0v) is 37.9. The summed E-state index contributed by atoms with van der Waals surface area (Å²) in [6.07, 6.45) is 0. The monoisotopic (exact) mass is 862 g/mol. The molecule has 0 amide bonds. The third-order valence-electron chi connectivity index (χ3n) is 14.8. The van der Waals surface area contributed by atoms with Gasteiger partial charge < -0.3 is 9.47 Å². The first-order chi connectivity index (χ1) is 32.0. The molecule has 0 N–H and O–H groups in total. The van der Waals surface area contributed by atoms with Crippen LogP contribution >= 0.6 is 11.3 Å². The van der Waals surface area contributed by atoms with Crippen LogP contribution in [0.25, 0.3) is 69.6 Å². The molecule has 0 saturated carbocycles. The maximum Gasteiger partial charge on any atom is 0.113 e. The summed E-state index contributed by atoms with van der Waals surface area (Å²) in [5.41, 5.74) is 14.7. The van der Waals surface area contributed by atoms with Crippen molar-refractivity contribution in [2.45, 2.75) is 18.5 Å². The molecule has 0 fully saturated rings. The van der Waals surface area contributed by atoms with Gasteiger partial charge in [-0.25, -0.2) is 0 Å². The molecule has 12 aromatic rings. The van der Waals surface area contributed by atoms with Gasteiger partial charge >= 0.3 is 0 Å². The summed E-state index contributed by atoms with van der Waals surface area (Å²) in [6, 6.07) is 82.7. The van der Waals surface area contributed by atoms with Crippen LogP contribution in [0.4, 0.5) is 17.1 Å². The molecule has 10 aromatic carbocycles. The Balaban J connectivity index is 1.07. The van der Waals surface area contributed by atoms with Crippen molar-refractivity contribution in [1.82, 2.24) is 4.57 Å².